The molecule has 1 amide bonds. The first-order valence-corrected chi connectivity index (χ1v) is 6.25. The Morgan fingerprint density at radius 1 is 1.50 bits per heavy atom. The Morgan fingerprint density at radius 3 is 2.72 bits per heavy atom. The van der Waals surface area contributed by atoms with E-state index in [4.69, 9.17) is 21.7 Å². The minimum absolute atomic E-state index is 0.148. The Morgan fingerprint density at radius 2 is 2.17 bits per heavy atom. The Balaban J connectivity index is 2.34. The first-order chi connectivity index (χ1) is 8.28. The molecule has 0 bridgehead atoms. The number of hydrogen-bond donors (Lipinski definition) is 3. The van der Waals surface area contributed by atoms with Gasteiger partial charge in [0.25, 0.3) is 0 Å². The lowest BCUT2D eigenvalue weighted by molar-refractivity contribution is -0.0232. The van der Waals surface area contributed by atoms with Crippen molar-refractivity contribution in [2.75, 3.05) is 13.2 Å². The van der Waals surface area contributed by atoms with Crippen LogP contribution in [0.2, 0.25) is 0 Å². The van der Waals surface area contributed by atoms with Crippen LogP contribution in [0.4, 0.5) is 4.79 Å². The molecule has 1 fully saturated rings. The zero-order chi connectivity index (χ0) is 13.8. The average molecular weight is 276 g/mol. The van der Waals surface area contributed by atoms with Crippen LogP contribution in [0.15, 0.2) is 0 Å². The van der Waals surface area contributed by atoms with Crippen molar-refractivity contribution in [2.45, 2.75) is 44.9 Å². The van der Waals surface area contributed by atoms with E-state index in [1.54, 1.807) is 20.8 Å². The maximum Gasteiger partial charge on any atom is 0.413 e. The largest absolute Gasteiger partial charge is 0.444 e. The summed E-state index contributed by atoms with van der Waals surface area (Å²) in [4.78, 5) is 11.4. The zero-order valence-electron chi connectivity index (χ0n) is 10.9. The molecule has 2 atom stereocenters. The van der Waals surface area contributed by atoms with Gasteiger partial charge in [-0.3, -0.25) is 5.32 Å². The fourth-order valence-electron chi connectivity index (χ4n) is 1.49. The summed E-state index contributed by atoms with van der Waals surface area (Å²) in [7, 11) is 0. The molecule has 0 spiro atoms. The van der Waals surface area contributed by atoms with Gasteiger partial charge in [0.15, 0.2) is 5.11 Å². The number of aliphatic hydroxyl groups is 1. The smallest absolute Gasteiger partial charge is 0.413 e. The molecule has 18 heavy (non-hydrogen) atoms. The normalized spacial score (nSPS) is 24.2. The predicted molar refractivity (Wildman–Crippen MR) is 70.3 cm³/mol. The summed E-state index contributed by atoms with van der Waals surface area (Å²) in [6.45, 7) is 6.14. The van der Waals surface area contributed by atoms with Crippen LogP contribution in [0, 0.1) is 0 Å². The van der Waals surface area contributed by atoms with Crippen molar-refractivity contribution in [3.05, 3.63) is 0 Å². The van der Waals surface area contributed by atoms with E-state index in [0.29, 0.717) is 13.0 Å². The molecule has 0 aromatic heterocycles. The predicted octanol–water partition coefficient (Wildman–Crippen LogP) is 0.535. The topological polar surface area (TPSA) is 79.8 Å². The van der Waals surface area contributed by atoms with Crippen LogP contribution in [0.5, 0.6) is 0 Å². The second-order valence-corrected chi connectivity index (χ2v) is 5.55. The number of aliphatic hydroxyl groups excluding tert-OH is 1. The molecule has 1 aliphatic heterocycles. The number of ether oxygens (including phenoxy) is 2. The number of rotatable bonds is 1. The lowest BCUT2D eigenvalue weighted by Gasteiger charge is -2.29. The molecule has 2 unspecified atom stereocenters. The zero-order valence-corrected chi connectivity index (χ0v) is 11.7. The van der Waals surface area contributed by atoms with E-state index in [9.17, 15) is 9.90 Å². The van der Waals surface area contributed by atoms with Crippen LogP contribution in [-0.4, -0.2) is 47.3 Å². The van der Waals surface area contributed by atoms with Crippen molar-refractivity contribution in [1.82, 2.24) is 10.6 Å². The van der Waals surface area contributed by atoms with E-state index < -0.39 is 17.8 Å². The van der Waals surface area contributed by atoms with Crippen LogP contribution in [0.25, 0.3) is 0 Å². The maximum atomic E-state index is 11.4. The summed E-state index contributed by atoms with van der Waals surface area (Å²) in [6.07, 6.45) is -0.601. The number of nitrogens with one attached hydrogen (secondary N) is 2. The number of hydrogen-bond acceptors (Lipinski definition) is 5. The minimum atomic E-state index is -0.628. The highest BCUT2D eigenvalue weighted by molar-refractivity contribution is 7.80. The average Bonchev–Trinajstić information content (AvgIpc) is 2.18. The molecular formula is C11H20N2O4S. The van der Waals surface area contributed by atoms with E-state index in [2.05, 4.69) is 10.6 Å². The molecule has 1 aliphatic rings. The van der Waals surface area contributed by atoms with Gasteiger partial charge in [0.2, 0.25) is 0 Å². The van der Waals surface area contributed by atoms with Crippen LogP contribution in [-0.2, 0) is 9.47 Å². The van der Waals surface area contributed by atoms with Gasteiger partial charge in [-0.05, 0) is 39.4 Å². The minimum Gasteiger partial charge on any atom is -0.444 e. The molecule has 6 nitrogen and oxygen atoms in total. The van der Waals surface area contributed by atoms with Gasteiger partial charge >= 0.3 is 6.09 Å². The van der Waals surface area contributed by atoms with Crippen LogP contribution < -0.4 is 10.6 Å². The summed E-state index contributed by atoms with van der Waals surface area (Å²) >= 11 is 4.98. The lowest BCUT2D eigenvalue weighted by atomic mass is 10.1. The van der Waals surface area contributed by atoms with Gasteiger partial charge in [-0.25, -0.2) is 4.79 Å². The Kier molecular flexibility index (Phi) is 5.30. The van der Waals surface area contributed by atoms with Crippen molar-refractivity contribution in [1.29, 1.82) is 0 Å². The standard InChI is InChI=1S/C11H20N2O4S/c1-11(2,3)17-10(15)13-9(18)12-7-4-5-16-6-8(7)14/h7-8,14H,4-6H2,1-3H3,(H2,12,13,15,18). The summed E-state index contributed by atoms with van der Waals surface area (Å²) in [5.74, 6) is 0. The molecule has 104 valence electrons. The highest BCUT2D eigenvalue weighted by Crippen LogP contribution is 2.08. The number of thiocarbonyl (C=S) groups is 1. The molecular weight excluding hydrogens is 256 g/mol. The van der Waals surface area contributed by atoms with Gasteiger partial charge in [-0.15, -0.1) is 0 Å². The van der Waals surface area contributed by atoms with Crippen LogP contribution >= 0.6 is 12.2 Å². The maximum absolute atomic E-state index is 11.4. The van der Waals surface area contributed by atoms with Gasteiger partial charge in [-0.2, -0.15) is 0 Å². The summed E-state index contributed by atoms with van der Waals surface area (Å²) in [5.41, 5.74) is -0.572. The van der Waals surface area contributed by atoms with Gasteiger partial charge in [0, 0.05) is 6.61 Å². The fourth-order valence-corrected chi connectivity index (χ4v) is 1.73. The molecule has 0 saturated carbocycles. The van der Waals surface area contributed by atoms with E-state index in [1.165, 1.54) is 0 Å². The second-order valence-electron chi connectivity index (χ2n) is 5.14. The Bertz CT molecular complexity index is 317. The number of alkyl carbamates (subject to hydrolysis) is 1. The number of amides is 1. The third-order valence-corrected chi connectivity index (χ3v) is 2.48. The van der Waals surface area contributed by atoms with Crippen LogP contribution in [0.3, 0.4) is 0 Å². The third kappa shape index (κ3) is 5.61. The van der Waals surface area contributed by atoms with Gasteiger partial charge in [0.1, 0.15) is 5.60 Å². The van der Waals surface area contributed by atoms with Gasteiger partial charge in [0.05, 0.1) is 18.8 Å². The van der Waals surface area contributed by atoms with E-state index in [1.807, 2.05) is 0 Å². The van der Waals surface area contributed by atoms with Crippen molar-refractivity contribution < 1.29 is 19.4 Å². The summed E-state index contributed by atoms with van der Waals surface area (Å²) in [5, 5.41) is 15.1. The molecule has 0 aromatic rings. The van der Waals surface area contributed by atoms with Crippen molar-refractivity contribution >= 4 is 23.4 Å². The summed E-state index contributed by atoms with van der Waals surface area (Å²) < 4.78 is 10.2. The van der Waals surface area contributed by atoms with E-state index >= 15 is 0 Å². The first-order valence-electron chi connectivity index (χ1n) is 5.84. The quantitative estimate of drug-likeness (QED) is 0.607. The number of carbonyl (C=O) groups excluding carboxylic acids is 1. The highest BCUT2D eigenvalue weighted by Gasteiger charge is 2.25. The Hall–Kier alpha value is -0.920. The molecule has 0 radical (unpaired) electrons. The lowest BCUT2D eigenvalue weighted by Crippen LogP contribution is -2.53. The number of carbonyl (C=O) groups is 1. The first kappa shape index (κ1) is 15.1. The fraction of sp³-hybridized carbons (Fsp3) is 0.818. The molecule has 3 N–H and O–H groups in total. The molecule has 1 rings (SSSR count). The van der Waals surface area contributed by atoms with E-state index in [-0.39, 0.29) is 17.8 Å². The Labute approximate surface area is 112 Å². The molecule has 7 heteroatoms. The third-order valence-electron chi connectivity index (χ3n) is 2.26. The van der Waals surface area contributed by atoms with Gasteiger partial charge in [-0.1, -0.05) is 0 Å². The van der Waals surface area contributed by atoms with Crippen molar-refractivity contribution in [3.8, 4) is 0 Å². The molecule has 1 heterocycles. The monoisotopic (exact) mass is 276 g/mol. The summed E-state index contributed by atoms with van der Waals surface area (Å²) in [6, 6.07) is -0.207. The van der Waals surface area contributed by atoms with Crippen LogP contribution in [0.1, 0.15) is 27.2 Å². The molecule has 0 aliphatic carbocycles. The van der Waals surface area contributed by atoms with Crippen molar-refractivity contribution in [3.63, 3.8) is 0 Å². The van der Waals surface area contributed by atoms with E-state index in [0.717, 1.165) is 0 Å². The molecule has 0 aromatic carbocycles. The van der Waals surface area contributed by atoms with Gasteiger partial charge < -0.3 is 19.9 Å². The second kappa shape index (κ2) is 6.31. The highest BCUT2D eigenvalue weighted by atomic mass is 32.1. The van der Waals surface area contributed by atoms with Crippen molar-refractivity contribution in [2.24, 2.45) is 0 Å². The molecule has 1 saturated heterocycles. The SMILES string of the molecule is CC(C)(C)OC(=O)NC(=S)NC1CCOCC1O.